The molecule has 5 nitrogen and oxygen atoms in total. The van der Waals surface area contributed by atoms with Gasteiger partial charge in [-0.2, -0.15) is 0 Å². The highest BCUT2D eigenvalue weighted by atomic mass is 32.2. The van der Waals surface area contributed by atoms with E-state index in [2.05, 4.69) is 15.2 Å². The van der Waals surface area contributed by atoms with E-state index in [1.165, 1.54) is 11.8 Å². The first kappa shape index (κ1) is 15.8. The van der Waals surface area contributed by atoms with E-state index < -0.39 is 0 Å². The Kier molecular flexibility index (Phi) is 5.50. The van der Waals surface area contributed by atoms with Gasteiger partial charge in [0.05, 0.1) is 24.7 Å². The average molecular weight is 329 g/mol. The van der Waals surface area contributed by atoms with Crippen molar-refractivity contribution in [3.8, 4) is 0 Å². The molecule has 0 radical (unpaired) electrons. The summed E-state index contributed by atoms with van der Waals surface area (Å²) in [5.74, 6) is 1.16. The Balaban J connectivity index is 1.62. The van der Waals surface area contributed by atoms with Crippen LogP contribution in [0.2, 0.25) is 0 Å². The number of rotatable bonds is 5. The van der Waals surface area contributed by atoms with E-state index in [1.807, 2.05) is 42.5 Å². The van der Waals surface area contributed by atoms with E-state index in [0.717, 1.165) is 29.5 Å². The van der Waals surface area contributed by atoms with E-state index in [9.17, 15) is 4.79 Å². The number of anilines is 2. The lowest BCUT2D eigenvalue weighted by atomic mass is 10.3. The lowest BCUT2D eigenvalue weighted by Gasteiger charge is -2.29. The number of nitrogens with zero attached hydrogens (tertiary/aromatic N) is 2. The number of nitrogens with one attached hydrogen (secondary N) is 1. The summed E-state index contributed by atoms with van der Waals surface area (Å²) in [6.07, 6.45) is 1.75. The van der Waals surface area contributed by atoms with Gasteiger partial charge in [-0.05, 0) is 24.3 Å². The summed E-state index contributed by atoms with van der Waals surface area (Å²) in [5.41, 5.74) is 0.757. The fourth-order valence-electron chi connectivity index (χ4n) is 2.37. The number of hydrogen-bond donors (Lipinski definition) is 1. The summed E-state index contributed by atoms with van der Waals surface area (Å²) < 4.78 is 5.37. The third kappa shape index (κ3) is 4.46. The van der Waals surface area contributed by atoms with E-state index in [-0.39, 0.29) is 5.91 Å². The van der Waals surface area contributed by atoms with Gasteiger partial charge < -0.3 is 15.0 Å². The zero-order valence-corrected chi connectivity index (χ0v) is 13.6. The van der Waals surface area contributed by atoms with Crippen LogP contribution in [0.1, 0.15) is 0 Å². The molecule has 1 fully saturated rings. The Morgan fingerprint density at radius 1 is 1.17 bits per heavy atom. The van der Waals surface area contributed by atoms with Crippen LogP contribution < -0.4 is 10.2 Å². The van der Waals surface area contributed by atoms with Gasteiger partial charge in [-0.3, -0.25) is 4.79 Å². The van der Waals surface area contributed by atoms with Crippen LogP contribution in [0.3, 0.4) is 0 Å². The third-order valence-corrected chi connectivity index (χ3v) is 4.50. The standard InChI is InChI=1S/C17H19N3O2S/c21-16(13-23-14-5-2-1-3-6-14)19-15-7-4-8-18-17(15)20-9-11-22-12-10-20/h1-8H,9-13H2,(H,19,21). The molecular weight excluding hydrogens is 310 g/mol. The zero-order chi connectivity index (χ0) is 15.9. The van der Waals surface area contributed by atoms with Crippen LogP contribution >= 0.6 is 11.8 Å². The molecule has 120 valence electrons. The Morgan fingerprint density at radius 3 is 2.74 bits per heavy atom. The smallest absolute Gasteiger partial charge is 0.234 e. The fourth-order valence-corrected chi connectivity index (χ4v) is 3.09. The Morgan fingerprint density at radius 2 is 1.96 bits per heavy atom. The van der Waals surface area contributed by atoms with Gasteiger partial charge in [-0.1, -0.05) is 18.2 Å². The summed E-state index contributed by atoms with van der Waals surface area (Å²) in [7, 11) is 0. The largest absolute Gasteiger partial charge is 0.378 e. The lowest BCUT2D eigenvalue weighted by molar-refractivity contribution is -0.113. The molecule has 2 heterocycles. The van der Waals surface area contributed by atoms with Crippen molar-refractivity contribution in [1.82, 2.24) is 4.98 Å². The Bertz CT molecular complexity index is 645. The molecule has 1 N–H and O–H groups in total. The minimum absolute atomic E-state index is 0.0265. The molecule has 1 saturated heterocycles. The molecule has 3 rings (SSSR count). The number of amides is 1. The highest BCUT2D eigenvalue weighted by Crippen LogP contribution is 2.24. The summed E-state index contributed by atoms with van der Waals surface area (Å²) in [6.45, 7) is 2.96. The molecule has 0 atom stereocenters. The van der Waals surface area contributed by atoms with Crippen LogP contribution in [-0.4, -0.2) is 42.9 Å². The molecule has 2 aromatic rings. The molecule has 1 aromatic carbocycles. The number of ether oxygens (including phenoxy) is 1. The van der Waals surface area contributed by atoms with E-state index in [1.54, 1.807) is 6.20 Å². The monoisotopic (exact) mass is 329 g/mol. The molecule has 0 spiro atoms. The number of thioether (sulfide) groups is 1. The molecule has 1 amide bonds. The van der Waals surface area contributed by atoms with Gasteiger partial charge in [0.15, 0.2) is 5.82 Å². The molecule has 0 unspecified atom stereocenters. The van der Waals surface area contributed by atoms with Crippen molar-refractivity contribution in [3.05, 3.63) is 48.7 Å². The molecule has 0 saturated carbocycles. The Labute approximate surface area is 140 Å². The summed E-state index contributed by atoms with van der Waals surface area (Å²) in [6, 6.07) is 13.6. The number of aromatic nitrogens is 1. The van der Waals surface area contributed by atoms with Gasteiger partial charge in [0.2, 0.25) is 5.91 Å². The molecule has 23 heavy (non-hydrogen) atoms. The maximum Gasteiger partial charge on any atom is 0.234 e. The highest BCUT2D eigenvalue weighted by molar-refractivity contribution is 8.00. The molecule has 0 aliphatic carbocycles. The van der Waals surface area contributed by atoms with Crippen molar-refractivity contribution in [2.24, 2.45) is 0 Å². The second-order valence-electron chi connectivity index (χ2n) is 5.12. The minimum atomic E-state index is -0.0265. The zero-order valence-electron chi connectivity index (χ0n) is 12.8. The van der Waals surface area contributed by atoms with Gasteiger partial charge in [0.1, 0.15) is 0 Å². The molecule has 1 aliphatic rings. The number of morpholine rings is 1. The molecule has 1 aromatic heterocycles. The van der Waals surface area contributed by atoms with Crippen LogP contribution in [0.15, 0.2) is 53.6 Å². The van der Waals surface area contributed by atoms with Crippen molar-refractivity contribution >= 4 is 29.2 Å². The summed E-state index contributed by atoms with van der Waals surface area (Å²) >= 11 is 1.52. The first-order valence-electron chi connectivity index (χ1n) is 7.58. The van der Waals surface area contributed by atoms with Gasteiger partial charge in [-0.15, -0.1) is 11.8 Å². The van der Waals surface area contributed by atoms with Crippen LogP contribution in [0.25, 0.3) is 0 Å². The third-order valence-electron chi connectivity index (χ3n) is 3.48. The maximum absolute atomic E-state index is 12.2. The number of carbonyl (C=O) groups excluding carboxylic acids is 1. The molecule has 1 aliphatic heterocycles. The molecule has 0 bridgehead atoms. The maximum atomic E-state index is 12.2. The predicted molar refractivity (Wildman–Crippen MR) is 93.1 cm³/mol. The van der Waals surface area contributed by atoms with Gasteiger partial charge >= 0.3 is 0 Å². The lowest BCUT2D eigenvalue weighted by Crippen LogP contribution is -2.37. The van der Waals surface area contributed by atoms with Gasteiger partial charge in [0, 0.05) is 24.2 Å². The summed E-state index contributed by atoms with van der Waals surface area (Å²) in [4.78, 5) is 19.9. The Hall–Kier alpha value is -2.05. The molecular formula is C17H19N3O2S. The first-order valence-corrected chi connectivity index (χ1v) is 8.57. The van der Waals surface area contributed by atoms with Crippen LogP contribution in [0.4, 0.5) is 11.5 Å². The second-order valence-corrected chi connectivity index (χ2v) is 6.17. The number of benzene rings is 1. The van der Waals surface area contributed by atoms with Crippen LogP contribution in [0.5, 0.6) is 0 Å². The summed E-state index contributed by atoms with van der Waals surface area (Å²) in [5, 5.41) is 2.97. The minimum Gasteiger partial charge on any atom is -0.378 e. The van der Waals surface area contributed by atoms with Crippen LogP contribution in [-0.2, 0) is 9.53 Å². The van der Waals surface area contributed by atoms with E-state index in [4.69, 9.17) is 4.74 Å². The van der Waals surface area contributed by atoms with Crippen molar-refractivity contribution < 1.29 is 9.53 Å². The topological polar surface area (TPSA) is 54.5 Å². The predicted octanol–water partition coefficient (Wildman–Crippen LogP) is 2.65. The normalized spacial score (nSPS) is 14.5. The highest BCUT2D eigenvalue weighted by Gasteiger charge is 2.17. The fraction of sp³-hybridized carbons (Fsp3) is 0.294. The van der Waals surface area contributed by atoms with Gasteiger partial charge in [-0.25, -0.2) is 4.98 Å². The van der Waals surface area contributed by atoms with E-state index in [0.29, 0.717) is 19.0 Å². The average Bonchev–Trinajstić information content (AvgIpc) is 2.62. The first-order chi connectivity index (χ1) is 11.3. The molecule has 6 heteroatoms. The van der Waals surface area contributed by atoms with Gasteiger partial charge in [0.25, 0.3) is 0 Å². The second kappa shape index (κ2) is 7.99. The number of hydrogen-bond acceptors (Lipinski definition) is 5. The van der Waals surface area contributed by atoms with Crippen molar-refractivity contribution in [2.45, 2.75) is 4.90 Å². The van der Waals surface area contributed by atoms with Crippen molar-refractivity contribution in [2.75, 3.05) is 42.3 Å². The number of carbonyl (C=O) groups is 1. The quantitative estimate of drug-likeness (QED) is 0.855. The number of pyridine rings is 1. The van der Waals surface area contributed by atoms with E-state index >= 15 is 0 Å². The van der Waals surface area contributed by atoms with Crippen molar-refractivity contribution in [1.29, 1.82) is 0 Å². The SMILES string of the molecule is O=C(CSc1ccccc1)Nc1cccnc1N1CCOCC1. The van der Waals surface area contributed by atoms with Crippen LogP contribution in [0, 0.1) is 0 Å². The van der Waals surface area contributed by atoms with Crippen molar-refractivity contribution in [3.63, 3.8) is 0 Å².